The second kappa shape index (κ2) is 8.67. The fraction of sp³-hybridized carbons (Fsp3) is 0.889. The normalized spacial score (nSPS) is 22.5. The number of carbonyl (C=O) groups excluding carboxylic acids is 2. The monoisotopic (exact) mass is 324 g/mol. The maximum atomic E-state index is 11.9. The van der Waals surface area contributed by atoms with Crippen molar-refractivity contribution in [2.75, 3.05) is 13.1 Å². The Morgan fingerprint density at radius 2 is 1.57 bits per heavy atom. The molecule has 1 atom stereocenters. The second-order valence-electron chi connectivity index (χ2n) is 7.60. The molecule has 0 aromatic carbocycles. The molecule has 5 heteroatoms. The SMILES string of the molecule is C[C@@](O)(CNC(=O)CNC(=O)CC1CCCC1)C1CCCCC1. The molecule has 0 saturated heterocycles. The molecule has 0 radical (unpaired) electrons. The Labute approximate surface area is 139 Å². The minimum absolute atomic E-state index is 0.00625. The molecule has 0 aliphatic heterocycles. The van der Waals surface area contributed by atoms with Gasteiger partial charge in [0.05, 0.1) is 12.1 Å². The zero-order chi connectivity index (χ0) is 16.7. The van der Waals surface area contributed by atoms with Crippen molar-refractivity contribution in [3.8, 4) is 0 Å². The smallest absolute Gasteiger partial charge is 0.239 e. The minimum Gasteiger partial charge on any atom is -0.388 e. The predicted molar refractivity (Wildman–Crippen MR) is 89.8 cm³/mol. The number of carbonyl (C=O) groups is 2. The Balaban J connectivity index is 1.62. The summed E-state index contributed by atoms with van der Waals surface area (Å²) in [6.07, 6.45) is 10.8. The van der Waals surface area contributed by atoms with E-state index >= 15 is 0 Å². The minimum atomic E-state index is -0.857. The molecular formula is C18H32N2O3. The van der Waals surface area contributed by atoms with E-state index in [9.17, 15) is 14.7 Å². The van der Waals surface area contributed by atoms with Gasteiger partial charge in [-0.2, -0.15) is 0 Å². The van der Waals surface area contributed by atoms with E-state index in [1.807, 2.05) is 6.92 Å². The van der Waals surface area contributed by atoms with Gasteiger partial charge in [0.1, 0.15) is 0 Å². The summed E-state index contributed by atoms with van der Waals surface area (Å²) in [5, 5.41) is 16.0. The molecule has 0 spiro atoms. The lowest BCUT2D eigenvalue weighted by atomic mass is 9.78. The highest BCUT2D eigenvalue weighted by atomic mass is 16.3. The predicted octanol–water partition coefficient (Wildman–Crippen LogP) is 2.13. The molecule has 0 bridgehead atoms. The van der Waals surface area contributed by atoms with Crippen LogP contribution in [-0.4, -0.2) is 35.6 Å². The van der Waals surface area contributed by atoms with Crippen molar-refractivity contribution in [3.05, 3.63) is 0 Å². The summed E-state index contributed by atoms with van der Waals surface area (Å²) < 4.78 is 0. The van der Waals surface area contributed by atoms with Crippen molar-refractivity contribution >= 4 is 11.8 Å². The number of amides is 2. The summed E-state index contributed by atoms with van der Waals surface area (Å²) in [5.74, 6) is 0.491. The standard InChI is InChI=1S/C18H32N2O3/c1-18(23,15-9-3-2-4-10-15)13-20-17(22)12-19-16(21)11-14-7-5-6-8-14/h14-15,23H,2-13H2,1H3,(H,19,21)(H,20,22)/t18-/m1/s1. The van der Waals surface area contributed by atoms with Gasteiger partial charge in [-0.25, -0.2) is 0 Å². The third kappa shape index (κ3) is 6.13. The first-order valence-electron chi connectivity index (χ1n) is 9.23. The van der Waals surface area contributed by atoms with Crippen molar-refractivity contribution in [1.82, 2.24) is 10.6 Å². The number of hydrogen-bond acceptors (Lipinski definition) is 3. The van der Waals surface area contributed by atoms with Crippen molar-refractivity contribution in [2.45, 2.75) is 76.7 Å². The van der Waals surface area contributed by atoms with E-state index in [2.05, 4.69) is 10.6 Å². The lowest BCUT2D eigenvalue weighted by Crippen LogP contribution is -2.48. The molecule has 132 valence electrons. The fourth-order valence-corrected chi connectivity index (χ4v) is 3.94. The van der Waals surface area contributed by atoms with Gasteiger partial charge in [0, 0.05) is 13.0 Å². The van der Waals surface area contributed by atoms with Crippen LogP contribution >= 0.6 is 0 Å². The molecular weight excluding hydrogens is 292 g/mol. The maximum absolute atomic E-state index is 11.9. The van der Waals surface area contributed by atoms with Gasteiger partial charge in [-0.1, -0.05) is 32.1 Å². The molecule has 2 fully saturated rings. The van der Waals surface area contributed by atoms with E-state index in [4.69, 9.17) is 0 Å². The number of hydrogen-bond donors (Lipinski definition) is 3. The van der Waals surface area contributed by atoms with Crippen LogP contribution in [-0.2, 0) is 9.59 Å². The summed E-state index contributed by atoms with van der Waals surface area (Å²) in [7, 11) is 0. The maximum Gasteiger partial charge on any atom is 0.239 e. The highest BCUT2D eigenvalue weighted by Crippen LogP contribution is 2.32. The first kappa shape index (κ1) is 18.2. The van der Waals surface area contributed by atoms with Crippen LogP contribution in [0.5, 0.6) is 0 Å². The van der Waals surface area contributed by atoms with Gasteiger partial charge in [-0.15, -0.1) is 0 Å². The summed E-state index contributed by atoms with van der Waals surface area (Å²) >= 11 is 0. The van der Waals surface area contributed by atoms with Gasteiger partial charge < -0.3 is 15.7 Å². The summed E-state index contributed by atoms with van der Waals surface area (Å²) in [5.41, 5.74) is -0.857. The number of rotatable bonds is 7. The lowest BCUT2D eigenvalue weighted by molar-refractivity contribution is -0.127. The van der Waals surface area contributed by atoms with Crippen LogP contribution in [0.4, 0.5) is 0 Å². The molecule has 2 amide bonds. The quantitative estimate of drug-likeness (QED) is 0.671. The highest BCUT2D eigenvalue weighted by Gasteiger charge is 2.33. The van der Waals surface area contributed by atoms with Gasteiger partial charge in [-0.3, -0.25) is 9.59 Å². The number of aliphatic hydroxyl groups is 1. The summed E-state index contributed by atoms with van der Waals surface area (Å²) in [6.45, 7) is 2.07. The fourth-order valence-electron chi connectivity index (χ4n) is 3.94. The van der Waals surface area contributed by atoms with Crippen molar-refractivity contribution in [2.24, 2.45) is 11.8 Å². The van der Waals surface area contributed by atoms with E-state index in [0.29, 0.717) is 12.3 Å². The molecule has 2 saturated carbocycles. The van der Waals surface area contributed by atoms with Gasteiger partial charge in [0.2, 0.25) is 11.8 Å². The molecule has 2 rings (SSSR count). The molecule has 0 aromatic heterocycles. The third-order valence-corrected chi connectivity index (χ3v) is 5.52. The van der Waals surface area contributed by atoms with Gasteiger partial charge in [-0.05, 0) is 44.4 Å². The van der Waals surface area contributed by atoms with Crippen LogP contribution in [0.1, 0.15) is 71.1 Å². The number of nitrogens with one attached hydrogen (secondary N) is 2. The van der Waals surface area contributed by atoms with Crippen molar-refractivity contribution in [3.63, 3.8) is 0 Å². The van der Waals surface area contributed by atoms with Crippen LogP contribution in [0.25, 0.3) is 0 Å². The largest absolute Gasteiger partial charge is 0.388 e. The van der Waals surface area contributed by atoms with Crippen LogP contribution < -0.4 is 10.6 Å². The molecule has 5 nitrogen and oxygen atoms in total. The van der Waals surface area contributed by atoms with Crippen LogP contribution in [0.15, 0.2) is 0 Å². The Hall–Kier alpha value is -1.10. The molecule has 0 aromatic rings. The van der Waals surface area contributed by atoms with Crippen LogP contribution in [0.3, 0.4) is 0 Å². The molecule has 0 heterocycles. The van der Waals surface area contributed by atoms with Gasteiger partial charge in [0.15, 0.2) is 0 Å². The van der Waals surface area contributed by atoms with Crippen LogP contribution in [0, 0.1) is 11.8 Å². The molecule has 23 heavy (non-hydrogen) atoms. The van der Waals surface area contributed by atoms with Crippen molar-refractivity contribution < 1.29 is 14.7 Å². The van der Waals surface area contributed by atoms with E-state index < -0.39 is 5.60 Å². The molecule has 0 unspecified atom stereocenters. The summed E-state index contributed by atoms with van der Waals surface area (Å²) in [6, 6.07) is 0. The molecule has 2 aliphatic carbocycles. The topological polar surface area (TPSA) is 78.4 Å². The third-order valence-electron chi connectivity index (χ3n) is 5.52. The molecule has 3 N–H and O–H groups in total. The van der Waals surface area contributed by atoms with E-state index in [0.717, 1.165) is 38.5 Å². The van der Waals surface area contributed by atoms with E-state index in [-0.39, 0.29) is 30.8 Å². The molecule has 2 aliphatic rings. The van der Waals surface area contributed by atoms with Crippen LogP contribution in [0.2, 0.25) is 0 Å². The Bertz CT molecular complexity index is 397. The Kier molecular flexibility index (Phi) is 6.88. The zero-order valence-corrected chi connectivity index (χ0v) is 14.4. The average Bonchev–Trinajstić information content (AvgIpc) is 3.05. The average molecular weight is 324 g/mol. The summed E-state index contributed by atoms with van der Waals surface area (Å²) in [4.78, 5) is 23.7. The highest BCUT2D eigenvalue weighted by molar-refractivity contribution is 5.84. The second-order valence-corrected chi connectivity index (χ2v) is 7.60. The first-order chi connectivity index (χ1) is 11.0. The van der Waals surface area contributed by atoms with Gasteiger partial charge in [0.25, 0.3) is 0 Å². The van der Waals surface area contributed by atoms with Gasteiger partial charge >= 0.3 is 0 Å². The van der Waals surface area contributed by atoms with E-state index in [1.165, 1.54) is 19.3 Å². The Morgan fingerprint density at radius 3 is 2.22 bits per heavy atom. The first-order valence-corrected chi connectivity index (χ1v) is 9.23. The van der Waals surface area contributed by atoms with Crippen molar-refractivity contribution in [1.29, 1.82) is 0 Å². The van der Waals surface area contributed by atoms with E-state index in [1.54, 1.807) is 0 Å². The zero-order valence-electron chi connectivity index (χ0n) is 14.4. The lowest BCUT2D eigenvalue weighted by Gasteiger charge is -2.35. The Morgan fingerprint density at radius 1 is 0.957 bits per heavy atom.